The topological polar surface area (TPSA) is 138 Å². The molecule has 0 saturated heterocycles. The fourth-order valence-electron chi connectivity index (χ4n) is 3.71. The van der Waals surface area contributed by atoms with Crippen LogP contribution in [-0.2, 0) is 0 Å². The molecule has 3 heterocycles. The summed E-state index contributed by atoms with van der Waals surface area (Å²) in [5.74, 6) is 1.37. The third-order valence-corrected chi connectivity index (χ3v) is 5.49. The van der Waals surface area contributed by atoms with Crippen LogP contribution >= 0.6 is 0 Å². The molecule has 9 nitrogen and oxygen atoms in total. The van der Waals surface area contributed by atoms with Gasteiger partial charge in [0.15, 0.2) is 0 Å². The second kappa shape index (κ2) is 7.94. The molecule has 6 rings (SSSR count). The van der Waals surface area contributed by atoms with Crippen LogP contribution in [0, 0.1) is 6.92 Å². The van der Waals surface area contributed by atoms with Crippen LogP contribution in [0.1, 0.15) is 30.1 Å². The van der Waals surface area contributed by atoms with Crippen molar-refractivity contribution in [2.24, 2.45) is 0 Å². The van der Waals surface area contributed by atoms with E-state index in [-0.39, 0.29) is 21.5 Å². The molecule has 0 aliphatic heterocycles. The maximum atomic E-state index is 11.3. The number of anilines is 2. The monoisotopic (exact) mass is 441 g/mol. The minimum Gasteiger partial charge on any atom is -0.324 e. The van der Waals surface area contributed by atoms with Crippen molar-refractivity contribution in [3.63, 3.8) is 0 Å². The summed E-state index contributed by atoms with van der Waals surface area (Å²) in [4.78, 5) is 58.4. The Balaban J connectivity index is 0.000000139. The number of hydrogen-bond acceptors (Lipinski definition) is 7. The summed E-state index contributed by atoms with van der Waals surface area (Å²) in [5, 5.41) is 3.78. The van der Waals surface area contributed by atoms with E-state index in [2.05, 4.69) is 31.3 Å². The van der Waals surface area contributed by atoms with Gasteiger partial charge in [0.25, 0.3) is 22.2 Å². The molecule has 33 heavy (non-hydrogen) atoms. The highest BCUT2D eigenvalue weighted by molar-refractivity contribution is 5.97. The van der Waals surface area contributed by atoms with E-state index in [4.69, 9.17) is 0 Å². The number of para-hydroxylation sites is 1. The van der Waals surface area contributed by atoms with Crippen molar-refractivity contribution >= 4 is 33.2 Å². The number of nitrogens with one attached hydrogen (secondary N) is 3. The highest BCUT2D eigenvalue weighted by Crippen LogP contribution is 2.39. The molecule has 0 bridgehead atoms. The maximum absolute atomic E-state index is 11.3. The lowest BCUT2D eigenvalue weighted by molar-refractivity contribution is 0.972. The molecule has 2 aromatic carbocycles. The molecule has 3 aromatic heterocycles. The van der Waals surface area contributed by atoms with E-state index in [0.717, 1.165) is 11.4 Å². The summed E-state index contributed by atoms with van der Waals surface area (Å²) in [6.07, 6.45) is 2.53. The Hall–Kier alpha value is -4.40. The third-order valence-electron chi connectivity index (χ3n) is 5.49. The SMILES string of the molecule is Cc1cc(C2CC2)nc(Nc2ccccc2)n1.O=c1[nH]c(=O)c2cc3c(=O)[nH]c(=O)c3cc12. The van der Waals surface area contributed by atoms with Crippen molar-refractivity contribution in [2.75, 3.05) is 5.32 Å². The molecule has 5 aromatic rings. The quantitative estimate of drug-likeness (QED) is 0.391. The van der Waals surface area contributed by atoms with Gasteiger partial charge < -0.3 is 5.32 Å². The van der Waals surface area contributed by atoms with E-state index in [1.165, 1.54) is 30.7 Å². The molecule has 1 saturated carbocycles. The summed E-state index contributed by atoms with van der Waals surface area (Å²) < 4.78 is 0. The lowest BCUT2D eigenvalue weighted by Crippen LogP contribution is -2.06. The number of hydrogen-bond donors (Lipinski definition) is 3. The Morgan fingerprint density at radius 3 is 1.76 bits per heavy atom. The van der Waals surface area contributed by atoms with Gasteiger partial charge in [-0.05, 0) is 50.1 Å². The molecule has 0 atom stereocenters. The lowest BCUT2D eigenvalue weighted by Gasteiger charge is -2.07. The highest BCUT2D eigenvalue weighted by atomic mass is 16.2. The van der Waals surface area contributed by atoms with Crippen LogP contribution in [0.25, 0.3) is 21.5 Å². The average Bonchev–Trinajstić information content (AvgIpc) is 3.55. The first-order valence-corrected chi connectivity index (χ1v) is 10.5. The average molecular weight is 441 g/mol. The van der Waals surface area contributed by atoms with Crippen molar-refractivity contribution in [1.29, 1.82) is 0 Å². The molecule has 0 spiro atoms. The minimum atomic E-state index is -0.546. The van der Waals surface area contributed by atoms with Gasteiger partial charge in [0.1, 0.15) is 0 Å². The molecule has 0 unspecified atom stereocenters. The van der Waals surface area contributed by atoms with Gasteiger partial charge in [0, 0.05) is 23.0 Å². The Kier molecular flexibility index (Phi) is 4.93. The van der Waals surface area contributed by atoms with Crippen LogP contribution in [0.3, 0.4) is 0 Å². The number of fused-ring (bicyclic) bond motifs is 2. The zero-order valence-corrected chi connectivity index (χ0v) is 17.6. The van der Waals surface area contributed by atoms with Crippen LogP contribution in [0.15, 0.2) is 67.7 Å². The number of aryl methyl sites for hydroxylation is 1. The summed E-state index contributed by atoms with van der Waals surface area (Å²) in [7, 11) is 0. The summed E-state index contributed by atoms with van der Waals surface area (Å²) in [6, 6.07) is 14.7. The molecule has 3 N–H and O–H groups in total. The highest BCUT2D eigenvalue weighted by Gasteiger charge is 2.25. The number of aromatic amines is 2. The predicted octanol–water partition coefficient (Wildman–Crippen LogP) is 2.37. The summed E-state index contributed by atoms with van der Waals surface area (Å²) in [5.41, 5.74) is 1.05. The van der Waals surface area contributed by atoms with E-state index >= 15 is 0 Å². The maximum Gasteiger partial charge on any atom is 0.258 e. The summed E-state index contributed by atoms with van der Waals surface area (Å²) in [6.45, 7) is 2.02. The van der Waals surface area contributed by atoms with Crippen LogP contribution in [0.4, 0.5) is 11.6 Å². The second-order valence-corrected chi connectivity index (χ2v) is 8.03. The smallest absolute Gasteiger partial charge is 0.258 e. The molecule has 164 valence electrons. The lowest BCUT2D eigenvalue weighted by atomic mass is 10.1. The number of benzene rings is 2. The van der Waals surface area contributed by atoms with E-state index in [1.54, 1.807) is 0 Å². The first-order chi connectivity index (χ1) is 15.9. The molecule has 1 aliphatic rings. The van der Waals surface area contributed by atoms with E-state index in [9.17, 15) is 19.2 Å². The zero-order valence-electron chi connectivity index (χ0n) is 17.6. The number of nitrogens with zero attached hydrogens (tertiary/aromatic N) is 2. The van der Waals surface area contributed by atoms with Gasteiger partial charge in [0.05, 0.1) is 21.5 Å². The number of rotatable bonds is 3. The Bertz CT molecular complexity index is 1540. The molecule has 0 amide bonds. The largest absolute Gasteiger partial charge is 0.324 e. The standard InChI is InChI=1S/C14H15N3.C10H4N2O4/c1-10-9-13(11-7-8-11)17-14(15-10)16-12-5-3-2-4-6-12;13-7-3-1-4-6(10(16)12-8(4)14)2-5(3)9(15)11-7/h2-6,9,11H,7-8H2,1H3,(H,15,16,17);1-2H,(H,11,13,15)(H,12,14,16). The van der Waals surface area contributed by atoms with Crippen molar-refractivity contribution < 1.29 is 0 Å². The van der Waals surface area contributed by atoms with E-state index in [1.807, 2.05) is 37.3 Å². The normalized spacial score (nSPS) is 13.1. The Morgan fingerprint density at radius 1 is 0.758 bits per heavy atom. The van der Waals surface area contributed by atoms with Gasteiger partial charge in [-0.2, -0.15) is 0 Å². The summed E-state index contributed by atoms with van der Waals surface area (Å²) >= 11 is 0. The molecule has 1 fully saturated rings. The third kappa shape index (κ3) is 4.08. The van der Waals surface area contributed by atoms with Gasteiger partial charge in [-0.3, -0.25) is 29.1 Å². The minimum absolute atomic E-state index is 0.133. The zero-order chi connectivity index (χ0) is 23.1. The molecular formula is C24H19N5O4. The van der Waals surface area contributed by atoms with Crippen molar-refractivity contribution in [3.05, 3.63) is 101 Å². The van der Waals surface area contributed by atoms with Gasteiger partial charge in [-0.1, -0.05) is 18.2 Å². The first-order valence-electron chi connectivity index (χ1n) is 10.5. The molecule has 0 radical (unpaired) electrons. The van der Waals surface area contributed by atoms with Crippen LogP contribution in [0.2, 0.25) is 0 Å². The molecule has 1 aliphatic carbocycles. The number of aromatic nitrogens is 4. The fraction of sp³-hybridized carbons (Fsp3) is 0.167. The van der Waals surface area contributed by atoms with Crippen molar-refractivity contribution in [2.45, 2.75) is 25.7 Å². The fourth-order valence-corrected chi connectivity index (χ4v) is 3.71. The van der Waals surface area contributed by atoms with Crippen molar-refractivity contribution in [1.82, 2.24) is 19.9 Å². The molecule has 9 heteroatoms. The number of H-pyrrole nitrogens is 2. The molecular weight excluding hydrogens is 422 g/mol. The van der Waals surface area contributed by atoms with Gasteiger partial charge in [0.2, 0.25) is 5.95 Å². The van der Waals surface area contributed by atoms with Gasteiger partial charge >= 0.3 is 0 Å². The Labute approximate surface area is 185 Å². The van der Waals surface area contributed by atoms with Gasteiger partial charge in [-0.25, -0.2) is 9.97 Å². The van der Waals surface area contributed by atoms with Crippen LogP contribution in [-0.4, -0.2) is 19.9 Å². The van der Waals surface area contributed by atoms with Gasteiger partial charge in [-0.15, -0.1) is 0 Å². The van der Waals surface area contributed by atoms with Crippen LogP contribution in [0.5, 0.6) is 0 Å². The predicted molar refractivity (Wildman–Crippen MR) is 126 cm³/mol. The van der Waals surface area contributed by atoms with E-state index < -0.39 is 22.2 Å². The first kappa shape index (κ1) is 20.5. The van der Waals surface area contributed by atoms with Crippen molar-refractivity contribution in [3.8, 4) is 0 Å². The second-order valence-electron chi connectivity index (χ2n) is 8.03. The van der Waals surface area contributed by atoms with Crippen LogP contribution < -0.4 is 27.6 Å². The Morgan fingerprint density at radius 2 is 1.27 bits per heavy atom. The van der Waals surface area contributed by atoms with E-state index in [0.29, 0.717) is 11.9 Å².